The Morgan fingerprint density at radius 3 is 0.676 bits per heavy atom. The molecule has 16 heteroatoms. The molecule has 0 atom stereocenters. The van der Waals surface area contributed by atoms with Crippen LogP contribution in [-0.2, 0) is 47.4 Å². The van der Waals surface area contributed by atoms with Gasteiger partial charge in [0.05, 0.1) is 14.7 Å². The van der Waals surface area contributed by atoms with Gasteiger partial charge in [0, 0.05) is 15.1 Å². The first-order chi connectivity index (χ1) is 15.0. The summed E-state index contributed by atoms with van der Waals surface area (Å²) < 4.78 is 93.1. The van der Waals surface area contributed by atoms with E-state index in [0.29, 0.717) is 15.1 Å². The molecular formula is C18H12Cl3FeO9S3-. The third kappa shape index (κ3) is 12.5. The van der Waals surface area contributed by atoms with Crippen LogP contribution >= 0.6 is 34.8 Å². The molecule has 3 aromatic rings. The second-order valence-corrected chi connectivity index (χ2v) is 11.2. The molecule has 0 aliphatic rings. The van der Waals surface area contributed by atoms with Crippen molar-refractivity contribution in [2.45, 2.75) is 14.7 Å². The second kappa shape index (κ2) is 13.8. The van der Waals surface area contributed by atoms with Gasteiger partial charge in [0.2, 0.25) is 0 Å². The van der Waals surface area contributed by atoms with Crippen LogP contribution in [0.1, 0.15) is 0 Å². The molecule has 0 heterocycles. The summed E-state index contributed by atoms with van der Waals surface area (Å²) in [5.41, 5.74) is 0. The van der Waals surface area contributed by atoms with Gasteiger partial charge in [-0.25, -0.2) is 25.3 Å². The molecule has 0 saturated carbocycles. The fourth-order valence-electron chi connectivity index (χ4n) is 1.80. The fourth-order valence-corrected chi connectivity index (χ4v) is 3.59. The van der Waals surface area contributed by atoms with E-state index >= 15 is 0 Å². The first-order valence-electron chi connectivity index (χ1n) is 8.14. The van der Waals surface area contributed by atoms with E-state index in [1.807, 2.05) is 0 Å². The Morgan fingerprint density at radius 1 is 0.412 bits per heavy atom. The quantitative estimate of drug-likeness (QED) is 0.309. The van der Waals surface area contributed by atoms with Gasteiger partial charge in [-0.1, -0.05) is 34.8 Å². The van der Waals surface area contributed by atoms with E-state index in [1.165, 1.54) is 72.8 Å². The standard InChI is InChI=1S/3C6H5ClO3S.Fe/c3*7-5-1-3-6(4-2-5)11(8,9)10;/h3*1-4H,(H,8,9,10);/q;;;+2/p-3. The van der Waals surface area contributed by atoms with Crippen molar-refractivity contribution in [3.63, 3.8) is 0 Å². The van der Waals surface area contributed by atoms with Crippen molar-refractivity contribution in [2.75, 3.05) is 0 Å². The van der Waals surface area contributed by atoms with E-state index in [2.05, 4.69) is 0 Å². The van der Waals surface area contributed by atoms with Crippen molar-refractivity contribution < 1.29 is 56.0 Å². The van der Waals surface area contributed by atoms with E-state index < -0.39 is 30.4 Å². The molecule has 34 heavy (non-hydrogen) atoms. The molecule has 0 aromatic heterocycles. The normalized spacial score (nSPS) is 11.1. The molecule has 186 valence electrons. The number of hydrogen-bond acceptors (Lipinski definition) is 9. The van der Waals surface area contributed by atoms with Crippen LogP contribution in [0.15, 0.2) is 87.5 Å². The minimum atomic E-state index is -4.33. The molecule has 0 spiro atoms. The number of rotatable bonds is 3. The van der Waals surface area contributed by atoms with Crippen LogP contribution in [0.3, 0.4) is 0 Å². The third-order valence-electron chi connectivity index (χ3n) is 3.31. The van der Waals surface area contributed by atoms with Gasteiger partial charge < -0.3 is 13.7 Å². The van der Waals surface area contributed by atoms with Crippen molar-refractivity contribution in [1.29, 1.82) is 0 Å². The van der Waals surface area contributed by atoms with Gasteiger partial charge in [-0.15, -0.1) is 0 Å². The average Bonchev–Trinajstić information content (AvgIpc) is 2.68. The monoisotopic (exact) mass is 629 g/mol. The first-order valence-corrected chi connectivity index (χ1v) is 13.5. The molecular weight excluding hydrogens is 619 g/mol. The molecule has 0 aliphatic carbocycles. The summed E-state index contributed by atoms with van der Waals surface area (Å²) in [6.07, 6.45) is 0. The number of benzene rings is 3. The largest absolute Gasteiger partial charge is 2.00 e. The Morgan fingerprint density at radius 2 is 0.559 bits per heavy atom. The predicted octanol–water partition coefficient (Wildman–Crippen LogP) is 3.73. The van der Waals surface area contributed by atoms with E-state index in [1.54, 1.807) is 0 Å². The Balaban J connectivity index is 0.000000473. The summed E-state index contributed by atoms with van der Waals surface area (Å²) in [7, 11) is -13.0. The summed E-state index contributed by atoms with van der Waals surface area (Å²) in [5.74, 6) is 0. The van der Waals surface area contributed by atoms with Crippen LogP contribution in [0.4, 0.5) is 0 Å². The molecule has 3 rings (SSSR count). The van der Waals surface area contributed by atoms with Crippen molar-refractivity contribution in [3.05, 3.63) is 87.9 Å². The first kappa shape index (κ1) is 32.8. The number of hydrogen-bond donors (Lipinski definition) is 0. The molecule has 0 N–H and O–H groups in total. The summed E-state index contributed by atoms with van der Waals surface area (Å²) in [6, 6.07) is 15.1. The van der Waals surface area contributed by atoms with Crippen LogP contribution < -0.4 is 0 Å². The third-order valence-corrected chi connectivity index (χ3v) is 6.61. The molecule has 0 radical (unpaired) electrons. The van der Waals surface area contributed by atoms with E-state index in [0.717, 1.165) is 0 Å². The molecule has 0 fully saturated rings. The molecule has 0 unspecified atom stereocenters. The Labute approximate surface area is 222 Å². The van der Waals surface area contributed by atoms with Crippen molar-refractivity contribution >= 4 is 65.2 Å². The van der Waals surface area contributed by atoms with E-state index in [4.69, 9.17) is 34.8 Å². The molecule has 0 amide bonds. The van der Waals surface area contributed by atoms with Crippen LogP contribution in [0.25, 0.3) is 0 Å². The van der Waals surface area contributed by atoms with E-state index in [9.17, 15) is 38.9 Å². The summed E-state index contributed by atoms with van der Waals surface area (Å²) in [5, 5.41) is 1.20. The Bertz CT molecular complexity index is 1200. The van der Waals surface area contributed by atoms with Gasteiger partial charge in [-0.3, -0.25) is 0 Å². The van der Waals surface area contributed by atoms with Crippen molar-refractivity contribution in [3.8, 4) is 0 Å². The minimum absolute atomic E-state index is 0. The maximum atomic E-state index is 10.3. The van der Waals surface area contributed by atoms with Gasteiger partial charge in [0.15, 0.2) is 0 Å². The van der Waals surface area contributed by atoms with Gasteiger partial charge >= 0.3 is 17.1 Å². The van der Waals surface area contributed by atoms with Crippen LogP contribution in [-0.4, -0.2) is 38.9 Å². The topological polar surface area (TPSA) is 172 Å². The zero-order valence-electron chi connectivity index (χ0n) is 16.3. The maximum Gasteiger partial charge on any atom is 2.00 e. The summed E-state index contributed by atoms with van der Waals surface area (Å²) in [6.45, 7) is 0. The predicted molar refractivity (Wildman–Crippen MR) is 118 cm³/mol. The molecule has 0 aliphatic heterocycles. The zero-order valence-corrected chi connectivity index (χ0v) is 22.1. The van der Waals surface area contributed by atoms with E-state index in [-0.39, 0.29) is 31.8 Å². The van der Waals surface area contributed by atoms with Gasteiger partial charge in [-0.05, 0) is 72.8 Å². The fraction of sp³-hybridized carbons (Fsp3) is 0. The number of halogens is 3. The zero-order chi connectivity index (χ0) is 25.4. The Hall–Kier alpha value is -1.22. The summed E-state index contributed by atoms with van der Waals surface area (Å²) >= 11 is 16.4. The maximum absolute atomic E-state index is 10.3. The van der Waals surface area contributed by atoms with Gasteiger partial charge in [0.25, 0.3) is 0 Å². The van der Waals surface area contributed by atoms with Gasteiger partial charge in [0.1, 0.15) is 30.4 Å². The Kier molecular flexibility index (Phi) is 13.3. The SMILES string of the molecule is O=S(=O)([O-])c1ccc(Cl)cc1.O=S(=O)([O-])c1ccc(Cl)cc1.O=S(=O)([O-])c1ccc(Cl)cc1.[Fe+2]. The molecule has 3 aromatic carbocycles. The minimum Gasteiger partial charge on any atom is -0.744 e. The van der Waals surface area contributed by atoms with Crippen LogP contribution in [0.2, 0.25) is 15.1 Å². The molecule has 0 saturated heterocycles. The van der Waals surface area contributed by atoms with Crippen LogP contribution in [0, 0.1) is 0 Å². The summed E-state index contributed by atoms with van der Waals surface area (Å²) in [4.78, 5) is -0.786. The smallest absolute Gasteiger partial charge is 0.744 e. The molecule has 0 bridgehead atoms. The van der Waals surface area contributed by atoms with Crippen molar-refractivity contribution in [1.82, 2.24) is 0 Å². The van der Waals surface area contributed by atoms with Crippen LogP contribution in [0.5, 0.6) is 0 Å². The average molecular weight is 631 g/mol. The second-order valence-electron chi connectivity index (χ2n) is 5.72. The molecule has 9 nitrogen and oxygen atoms in total. The van der Waals surface area contributed by atoms with Gasteiger partial charge in [-0.2, -0.15) is 0 Å². The van der Waals surface area contributed by atoms with Crippen molar-refractivity contribution in [2.24, 2.45) is 0 Å².